The van der Waals surface area contributed by atoms with E-state index >= 15 is 0 Å². The molecule has 3 aromatic carbocycles. The Morgan fingerprint density at radius 2 is 1.00 bits per heavy atom. The third-order valence-corrected chi connectivity index (χ3v) is 7.10. The van der Waals surface area contributed by atoms with E-state index in [1.54, 1.807) is 0 Å². The van der Waals surface area contributed by atoms with Crippen LogP contribution in [-0.4, -0.2) is 0 Å². The van der Waals surface area contributed by atoms with Crippen molar-refractivity contribution in [3.8, 4) is 17.2 Å². The Balaban J connectivity index is 1.58. The highest BCUT2D eigenvalue weighted by Gasteiger charge is 2.26. The van der Waals surface area contributed by atoms with Crippen molar-refractivity contribution in [2.45, 2.75) is 58.3 Å². The van der Waals surface area contributed by atoms with E-state index in [1.165, 1.54) is 50.5 Å². The summed E-state index contributed by atoms with van der Waals surface area (Å²) < 4.78 is 18.2. The van der Waals surface area contributed by atoms with Crippen LogP contribution in [0.15, 0.2) is 84.9 Å². The number of hydrogen-bond donors (Lipinski definition) is 0. The van der Waals surface area contributed by atoms with E-state index in [1.807, 2.05) is 72.8 Å². The van der Waals surface area contributed by atoms with Crippen LogP contribution in [0.25, 0.3) is 0 Å². The van der Waals surface area contributed by atoms with Crippen molar-refractivity contribution < 1.29 is 13.6 Å². The smallest absolute Gasteiger partial charge is 0.407 e. The summed E-state index contributed by atoms with van der Waals surface area (Å²) in [7, 11) is 0. The first-order chi connectivity index (χ1) is 15.7. The number of aryl methyl sites for hydroxylation is 1. The molecule has 0 aromatic heterocycles. The minimum atomic E-state index is -3.11. The molecule has 0 aliphatic carbocycles. The van der Waals surface area contributed by atoms with Crippen molar-refractivity contribution in [1.82, 2.24) is 0 Å². The average molecular weight is 469 g/mol. The Morgan fingerprint density at radius 1 is 0.562 bits per heavy atom. The Kier molecular flexibility index (Phi) is 10.1. The van der Waals surface area contributed by atoms with Gasteiger partial charge in [0.2, 0.25) is 0 Å². The number of unbranched alkanes of at least 4 members (excludes halogenated alkanes) is 6. The van der Waals surface area contributed by atoms with Gasteiger partial charge in [-0.05, 0) is 54.8 Å². The zero-order valence-electron chi connectivity index (χ0n) is 18.8. The highest BCUT2D eigenvalue weighted by Crippen LogP contribution is 2.50. The number of hydrogen-bond acceptors (Lipinski definition) is 4. The molecule has 3 aromatic rings. The first kappa shape index (κ1) is 24.4. The maximum atomic E-state index is 6.13. The molecule has 0 aliphatic rings. The molecule has 0 saturated heterocycles. The van der Waals surface area contributed by atoms with Gasteiger partial charge in [-0.25, -0.2) is 0 Å². The maximum Gasteiger partial charge on any atom is 0.490 e. The molecular weight excluding hydrogens is 435 g/mol. The summed E-state index contributed by atoms with van der Waals surface area (Å²) in [4.78, 5) is 0. The van der Waals surface area contributed by atoms with E-state index in [0.717, 1.165) is 6.42 Å². The van der Waals surface area contributed by atoms with Crippen LogP contribution in [-0.2, 0) is 18.2 Å². The fourth-order valence-electron chi connectivity index (χ4n) is 3.41. The Morgan fingerprint density at radius 3 is 1.50 bits per heavy atom. The predicted octanol–water partition coefficient (Wildman–Crippen LogP) is 8.74. The lowest BCUT2D eigenvalue weighted by Gasteiger charge is -2.23. The highest BCUT2D eigenvalue weighted by molar-refractivity contribution is 8.08. The second kappa shape index (κ2) is 13.3. The normalized spacial score (nSPS) is 11.2. The molecule has 0 amide bonds. The van der Waals surface area contributed by atoms with Gasteiger partial charge < -0.3 is 13.6 Å². The topological polar surface area (TPSA) is 27.7 Å². The molecule has 0 heterocycles. The monoisotopic (exact) mass is 468 g/mol. The summed E-state index contributed by atoms with van der Waals surface area (Å²) in [6, 6.07) is 27.0. The zero-order valence-corrected chi connectivity index (χ0v) is 20.5. The Labute approximate surface area is 198 Å². The summed E-state index contributed by atoms with van der Waals surface area (Å²) in [6.07, 6.45) is 10.3. The number of rotatable bonds is 14. The molecule has 0 radical (unpaired) electrons. The zero-order chi connectivity index (χ0) is 22.5. The highest BCUT2D eigenvalue weighted by atomic mass is 32.5. The summed E-state index contributed by atoms with van der Waals surface area (Å²) in [5, 5.41) is 0. The SMILES string of the molecule is CCCCCCCCCc1ccc(OP(=S)(Oc2ccccc2)Oc2ccccc2)cc1. The molecule has 0 spiro atoms. The summed E-state index contributed by atoms with van der Waals surface area (Å²) in [6.45, 7) is -0.850. The van der Waals surface area contributed by atoms with Gasteiger partial charge in [0, 0.05) is 11.8 Å². The second-order valence-corrected chi connectivity index (χ2v) is 10.6. The van der Waals surface area contributed by atoms with Crippen molar-refractivity contribution in [3.05, 3.63) is 90.5 Å². The van der Waals surface area contributed by atoms with E-state index < -0.39 is 6.72 Å². The molecule has 5 heteroatoms. The van der Waals surface area contributed by atoms with Crippen LogP contribution in [0.1, 0.15) is 57.4 Å². The van der Waals surface area contributed by atoms with E-state index in [0.29, 0.717) is 17.2 Å². The fourth-order valence-corrected chi connectivity index (χ4v) is 5.44. The minimum absolute atomic E-state index is 0.627. The third-order valence-electron chi connectivity index (χ3n) is 5.13. The van der Waals surface area contributed by atoms with Crippen molar-refractivity contribution in [2.75, 3.05) is 0 Å². The van der Waals surface area contributed by atoms with Crippen LogP contribution < -0.4 is 13.6 Å². The van der Waals surface area contributed by atoms with Crippen molar-refractivity contribution in [3.63, 3.8) is 0 Å². The van der Waals surface area contributed by atoms with Crippen molar-refractivity contribution in [1.29, 1.82) is 0 Å². The third kappa shape index (κ3) is 8.68. The molecule has 0 aliphatic heterocycles. The molecule has 3 nitrogen and oxygen atoms in total. The lowest BCUT2D eigenvalue weighted by atomic mass is 10.0. The second-order valence-electron chi connectivity index (χ2n) is 7.86. The van der Waals surface area contributed by atoms with Crippen LogP contribution in [0.5, 0.6) is 17.2 Å². The van der Waals surface area contributed by atoms with Crippen molar-refractivity contribution >= 4 is 18.5 Å². The van der Waals surface area contributed by atoms with Gasteiger partial charge in [-0.1, -0.05) is 94.0 Å². The molecule has 170 valence electrons. The van der Waals surface area contributed by atoms with Gasteiger partial charge in [-0.2, -0.15) is 0 Å². The van der Waals surface area contributed by atoms with E-state index in [2.05, 4.69) is 19.1 Å². The van der Waals surface area contributed by atoms with E-state index in [-0.39, 0.29) is 0 Å². The molecule has 0 unspecified atom stereocenters. The molecule has 0 saturated carbocycles. The average Bonchev–Trinajstić information content (AvgIpc) is 2.81. The molecular formula is C27H33O3PS. The Hall–Kier alpha value is -2.29. The van der Waals surface area contributed by atoms with E-state index in [9.17, 15) is 0 Å². The predicted molar refractivity (Wildman–Crippen MR) is 137 cm³/mol. The molecule has 0 bridgehead atoms. The van der Waals surface area contributed by atoms with E-state index in [4.69, 9.17) is 25.4 Å². The lowest BCUT2D eigenvalue weighted by molar-refractivity contribution is 0.384. The van der Waals surface area contributed by atoms with Gasteiger partial charge in [0.1, 0.15) is 17.2 Å². The molecule has 3 rings (SSSR count). The number of para-hydroxylation sites is 2. The Bertz CT molecular complexity index is 900. The lowest BCUT2D eigenvalue weighted by Crippen LogP contribution is -2.07. The van der Waals surface area contributed by atoms with Crippen LogP contribution in [0.4, 0.5) is 0 Å². The van der Waals surface area contributed by atoms with Crippen LogP contribution in [0, 0.1) is 0 Å². The van der Waals surface area contributed by atoms with Crippen molar-refractivity contribution in [2.24, 2.45) is 0 Å². The number of benzene rings is 3. The minimum Gasteiger partial charge on any atom is -0.407 e. The first-order valence-electron chi connectivity index (χ1n) is 11.5. The largest absolute Gasteiger partial charge is 0.490 e. The van der Waals surface area contributed by atoms with Crippen LogP contribution >= 0.6 is 6.72 Å². The quantitative estimate of drug-likeness (QED) is 0.175. The summed E-state index contributed by atoms with van der Waals surface area (Å²) >= 11 is 5.75. The maximum absolute atomic E-state index is 6.13. The van der Waals surface area contributed by atoms with Crippen LogP contribution in [0.3, 0.4) is 0 Å². The van der Waals surface area contributed by atoms with Gasteiger partial charge >= 0.3 is 6.72 Å². The summed E-state index contributed by atoms with van der Waals surface area (Å²) in [5.74, 6) is 1.91. The van der Waals surface area contributed by atoms with Gasteiger partial charge in [-0.15, -0.1) is 0 Å². The van der Waals surface area contributed by atoms with Gasteiger partial charge in [0.05, 0.1) is 0 Å². The van der Waals surface area contributed by atoms with Gasteiger partial charge in [0.25, 0.3) is 0 Å². The first-order valence-corrected chi connectivity index (χ1v) is 14.1. The van der Waals surface area contributed by atoms with Gasteiger partial charge in [-0.3, -0.25) is 0 Å². The standard InChI is InChI=1S/C27H33O3PS/c1-2-3-4-5-6-7-10-15-24-20-22-27(23-21-24)30-31(32,28-25-16-11-8-12-17-25)29-26-18-13-9-14-19-26/h8-9,11-14,16-23H,2-7,10,15H2,1H3. The molecule has 0 fully saturated rings. The summed E-state index contributed by atoms with van der Waals surface area (Å²) in [5.41, 5.74) is 1.31. The molecule has 0 atom stereocenters. The molecule has 0 N–H and O–H groups in total. The van der Waals surface area contributed by atoms with Crippen LogP contribution in [0.2, 0.25) is 0 Å². The van der Waals surface area contributed by atoms with Gasteiger partial charge in [0.15, 0.2) is 0 Å². The fraction of sp³-hybridized carbons (Fsp3) is 0.333. The molecule has 32 heavy (non-hydrogen) atoms.